The van der Waals surface area contributed by atoms with Crippen LogP contribution in [0, 0.1) is 5.82 Å². The molecule has 2 nitrogen and oxygen atoms in total. The standard InChI is InChI=1S/C11H7ClF4N2S/c12-10-18-5-6(19-10)4-17-8-3-1-2-7(9(8)13)11(14,15)16/h1-3,5,17H,4H2. The van der Waals surface area contributed by atoms with E-state index in [2.05, 4.69) is 10.3 Å². The molecule has 0 spiro atoms. The van der Waals surface area contributed by atoms with E-state index in [-0.39, 0.29) is 12.2 Å². The van der Waals surface area contributed by atoms with Crippen LogP contribution >= 0.6 is 22.9 Å². The lowest BCUT2D eigenvalue weighted by molar-refractivity contribution is -0.139. The second-order valence-electron chi connectivity index (χ2n) is 3.60. The molecule has 0 saturated carbocycles. The van der Waals surface area contributed by atoms with Gasteiger partial charge in [-0.2, -0.15) is 13.2 Å². The van der Waals surface area contributed by atoms with Gasteiger partial charge in [0.1, 0.15) is 0 Å². The summed E-state index contributed by atoms with van der Waals surface area (Å²) in [6, 6.07) is 3.09. The molecule has 0 unspecified atom stereocenters. The molecule has 1 aromatic carbocycles. The van der Waals surface area contributed by atoms with Gasteiger partial charge in [0, 0.05) is 11.1 Å². The number of thiazole rings is 1. The quantitative estimate of drug-likeness (QED) is 0.840. The molecule has 1 aromatic heterocycles. The summed E-state index contributed by atoms with van der Waals surface area (Å²) < 4.78 is 51.5. The topological polar surface area (TPSA) is 24.9 Å². The van der Waals surface area contributed by atoms with Gasteiger partial charge in [-0.15, -0.1) is 11.3 Å². The Morgan fingerprint density at radius 3 is 2.63 bits per heavy atom. The first kappa shape index (κ1) is 14.1. The minimum Gasteiger partial charge on any atom is -0.378 e. The van der Waals surface area contributed by atoms with E-state index in [0.717, 1.165) is 6.07 Å². The molecule has 1 N–H and O–H groups in total. The Kier molecular flexibility index (Phi) is 3.96. The van der Waals surface area contributed by atoms with Gasteiger partial charge in [0.15, 0.2) is 10.3 Å². The lowest BCUT2D eigenvalue weighted by atomic mass is 10.1. The fourth-order valence-electron chi connectivity index (χ4n) is 1.44. The highest BCUT2D eigenvalue weighted by Crippen LogP contribution is 2.34. The van der Waals surface area contributed by atoms with Crippen LogP contribution in [0.3, 0.4) is 0 Å². The van der Waals surface area contributed by atoms with E-state index in [1.165, 1.54) is 23.6 Å². The number of aromatic nitrogens is 1. The van der Waals surface area contributed by atoms with E-state index in [1.807, 2.05) is 0 Å². The number of halogens is 5. The average Bonchev–Trinajstić information content (AvgIpc) is 2.72. The minimum atomic E-state index is -4.71. The molecule has 0 bridgehead atoms. The lowest BCUT2D eigenvalue weighted by Crippen LogP contribution is -2.10. The highest BCUT2D eigenvalue weighted by atomic mass is 35.5. The minimum absolute atomic E-state index is 0.155. The van der Waals surface area contributed by atoms with Crippen LogP contribution < -0.4 is 5.32 Å². The second kappa shape index (κ2) is 5.34. The third kappa shape index (κ3) is 3.36. The SMILES string of the molecule is Fc1c(NCc2cnc(Cl)s2)cccc1C(F)(F)F. The summed E-state index contributed by atoms with van der Waals surface area (Å²) in [6.45, 7) is 0.155. The van der Waals surface area contributed by atoms with Crippen LogP contribution in [0.25, 0.3) is 0 Å². The molecule has 0 atom stereocenters. The number of hydrogen-bond acceptors (Lipinski definition) is 3. The fourth-order valence-corrected chi connectivity index (χ4v) is 2.35. The van der Waals surface area contributed by atoms with Crippen molar-refractivity contribution in [3.8, 4) is 0 Å². The maximum Gasteiger partial charge on any atom is 0.419 e. The third-order valence-corrected chi connectivity index (χ3v) is 3.40. The number of alkyl halides is 3. The van der Waals surface area contributed by atoms with E-state index < -0.39 is 17.6 Å². The van der Waals surface area contributed by atoms with Crippen molar-refractivity contribution in [2.24, 2.45) is 0 Å². The summed E-state index contributed by atoms with van der Waals surface area (Å²) in [5, 5.41) is 2.59. The molecule has 0 amide bonds. The zero-order valence-electron chi connectivity index (χ0n) is 9.26. The second-order valence-corrected chi connectivity index (χ2v) is 5.30. The van der Waals surface area contributed by atoms with Gasteiger partial charge in [-0.1, -0.05) is 17.7 Å². The first-order valence-electron chi connectivity index (χ1n) is 5.07. The highest BCUT2D eigenvalue weighted by Gasteiger charge is 2.34. The van der Waals surface area contributed by atoms with Gasteiger partial charge in [0.05, 0.1) is 17.8 Å². The fraction of sp³-hybridized carbons (Fsp3) is 0.182. The molecule has 0 aliphatic rings. The van der Waals surface area contributed by atoms with E-state index in [1.54, 1.807) is 0 Å². The van der Waals surface area contributed by atoms with E-state index >= 15 is 0 Å². The van der Waals surface area contributed by atoms with Crippen molar-refractivity contribution < 1.29 is 17.6 Å². The van der Waals surface area contributed by atoms with Crippen LogP contribution in [0.4, 0.5) is 23.2 Å². The van der Waals surface area contributed by atoms with Crippen LogP contribution in [0.1, 0.15) is 10.4 Å². The molecule has 0 aliphatic heterocycles. The molecule has 2 rings (SSSR count). The van der Waals surface area contributed by atoms with Crippen LogP contribution in [-0.2, 0) is 12.7 Å². The number of benzene rings is 1. The van der Waals surface area contributed by atoms with Crippen molar-refractivity contribution in [2.75, 3.05) is 5.32 Å². The Labute approximate surface area is 115 Å². The van der Waals surface area contributed by atoms with Crippen molar-refractivity contribution in [1.82, 2.24) is 4.98 Å². The number of anilines is 1. The van der Waals surface area contributed by atoms with Crippen molar-refractivity contribution >= 4 is 28.6 Å². The number of nitrogens with one attached hydrogen (secondary N) is 1. The molecular weight excluding hydrogens is 304 g/mol. The van der Waals surface area contributed by atoms with Crippen molar-refractivity contribution in [3.63, 3.8) is 0 Å². The average molecular weight is 311 g/mol. The summed E-state index contributed by atoms with van der Waals surface area (Å²) in [5.74, 6) is -1.31. The van der Waals surface area contributed by atoms with Crippen molar-refractivity contribution in [1.29, 1.82) is 0 Å². The third-order valence-electron chi connectivity index (χ3n) is 2.28. The van der Waals surface area contributed by atoms with Gasteiger partial charge in [-0.25, -0.2) is 9.37 Å². The summed E-state index contributed by atoms with van der Waals surface area (Å²) >= 11 is 6.79. The van der Waals surface area contributed by atoms with Gasteiger partial charge in [-0.05, 0) is 12.1 Å². The molecule has 0 radical (unpaired) electrons. The Hall–Kier alpha value is -1.34. The van der Waals surface area contributed by atoms with E-state index in [9.17, 15) is 17.6 Å². The van der Waals surface area contributed by atoms with Crippen molar-refractivity contribution in [2.45, 2.75) is 12.7 Å². The summed E-state index contributed by atoms with van der Waals surface area (Å²) in [7, 11) is 0. The molecule has 19 heavy (non-hydrogen) atoms. The highest BCUT2D eigenvalue weighted by molar-refractivity contribution is 7.15. The van der Waals surface area contributed by atoms with Crippen LogP contribution in [-0.4, -0.2) is 4.98 Å². The maximum absolute atomic E-state index is 13.7. The molecule has 1 heterocycles. The zero-order valence-corrected chi connectivity index (χ0v) is 10.8. The Morgan fingerprint density at radius 2 is 2.05 bits per heavy atom. The first-order valence-corrected chi connectivity index (χ1v) is 6.27. The Balaban J connectivity index is 2.17. The predicted octanol–water partition coefficient (Wildman–Crippen LogP) is 4.57. The summed E-state index contributed by atoms with van der Waals surface area (Å²) in [6.07, 6.45) is -3.24. The summed E-state index contributed by atoms with van der Waals surface area (Å²) in [5.41, 5.74) is -1.50. The van der Waals surface area contributed by atoms with Gasteiger partial charge in [0.2, 0.25) is 0 Å². The predicted molar refractivity (Wildman–Crippen MR) is 65.9 cm³/mol. The molecule has 0 fully saturated rings. The first-order chi connectivity index (χ1) is 8.88. The normalized spacial score (nSPS) is 11.6. The van der Waals surface area contributed by atoms with Gasteiger partial charge in [-0.3, -0.25) is 0 Å². The van der Waals surface area contributed by atoms with Crippen LogP contribution in [0.15, 0.2) is 24.4 Å². The smallest absolute Gasteiger partial charge is 0.378 e. The molecule has 2 aromatic rings. The number of hydrogen-bond donors (Lipinski definition) is 1. The van der Waals surface area contributed by atoms with Gasteiger partial charge < -0.3 is 5.32 Å². The van der Waals surface area contributed by atoms with Crippen molar-refractivity contribution in [3.05, 3.63) is 45.1 Å². The molecule has 0 aliphatic carbocycles. The van der Waals surface area contributed by atoms with Crippen LogP contribution in [0.2, 0.25) is 4.47 Å². The van der Waals surface area contributed by atoms with Gasteiger partial charge in [0.25, 0.3) is 0 Å². The zero-order chi connectivity index (χ0) is 14.0. The molecule has 102 valence electrons. The van der Waals surface area contributed by atoms with E-state index in [4.69, 9.17) is 11.6 Å². The monoisotopic (exact) mass is 310 g/mol. The van der Waals surface area contributed by atoms with Gasteiger partial charge >= 0.3 is 6.18 Å². The Bertz CT molecular complexity index is 582. The number of rotatable bonds is 3. The lowest BCUT2D eigenvalue weighted by Gasteiger charge is -2.12. The maximum atomic E-state index is 13.7. The molecule has 0 saturated heterocycles. The molecular formula is C11H7ClF4N2S. The molecule has 8 heteroatoms. The van der Waals surface area contributed by atoms with Crippen LogP contribution in [0.5, 0.6) is 0 Å². The Morgan fingerprint density at radius 1 is 1.32 bits per heavy atom. The van der Waals surface area contributed by atoms with E-state index in [0.29, 0.717) is 15.4 Å². The largest absolute Gasteiger partial charge is 0.419 e. The number of nitrogens with zero attached hydrogens (tertiary/aromatic N) is 1. The summed E-state index contributed by atoms with van der Waals surface area (Å²) in [4.78, 5) is 4.47.